The van der Waals surface area contributed by atoms with Crippen LogP contribution in [0.2, 0.25) is 5.02 Å². The highest BCUT2D eigenvalue weighted by atomic mass is 35.5. The Labute approximate surface area is 128 Å². The minimum atomic E-state index is 0.589. The van der Waals surface area contributed by atoms with Crippen LogP contribution in [0.25, 0.3) is 0 Å². The van der Waals surface area contributed by atoms with Gasteiger partial charge in [-0.05, 0) is 24.0 Å². The highest BCUT2D eigenvalue weighted by molar-refractivity contribution is 6.31. The van der Waals surface area contributed by atoms with Gasteiger partial charge in [0.1, 0.15) is 0 Å². The van der Waals surface area contributed by atoms with Crippen LogP contribution >= 0.6 is 11.6 Å². The predicted octanol–water partition coefficient (Wildman–Crippen LogP) is 3.94. The van der Waals surface area contributed by atoms with Crippen molar-refractivity contribution < 1.29 is 0 Å². The van der Waals surface area contributed by atoms with Gasteiger partial charge in [0, 0.05) is 36.7 Å². The van der Waals surface area contributed by atoms with Gasteiger partial charge in [0.15, 0.2) is 0 Å². The molecule has 0 bridgehead atoms. The Kier molecular flexibility index (Phi) is 5.88. The lowest BCUT2D eigenvalue weighted by Gasteiger charge is -2.42. The fraction of sp³-hybridized carbons (Fsp3) is 0.647. The van der Waals surface area contributed by atoms with Crippen molar-refractivity contribution in [3.8, 4) is 0 Å². The standard InChI is InChI=1S/C17H27ClN2/c1-4-7-15-10-19-17(13(2)3)12-20(15)11-14-8-5-6-9-16(14)18/h5-6,8-9,13,15,17,19H,4,7,10-12H2,1-3H3. The topological polar surface area (TPSA) is 15.3 Å². The van der Waals surface area contributed by atoms with Crippen molar-refractivity contribution in [1.82, 2.24) is 10.2 Å². The number of benzene rings is 1. The van der Waals surface area contributed by atoms with Crippen LogP contribution in [0.1, 0.15) is 39.2 Å². The maximum Gasteiger partial charge on any atom is 0.0451 e. The molecule has 0 aromatic heterocycles. The van der Waals surface area contributed by atoms with Crippen LogP contribution in [0.15, 0.2) is 24.3 Å². The molecule has 1 aromatic rings. The molecule has 2 nitrogen and oxygen atoms in total. The summed E-state index contributed by atoms with van der Waals surface area (Å²) in [6.45, 7) is 10.0. The second kappa shape index (κ2) is 7.44. The predicted molar refractivity (Wildman–Crippen MR) is 87.2 cm³/mol. The van der Waals surface area contributed by atoms with Gasteiger partial charge in [-0.1, -0.05) is 57.0 Å². The van der Waals surface area contributed by atoms with Crippen LogP contribution in [-0.4, -0.2) is 30.1 Å². The summed E-state index contributed by atoms with van der Waals surface area (Å²) in [5, 5.41) is 4.60. The van der Waals surface area contributed by atoms with Gasteiger partial charge in [-0.2, -0.15) is 0 Å². The molecule has 1 heterocycles. The molecule has 1 N–H and O–H groups in total. The molecule has 1 saturated heterocycles. The molecule has 1 aromatic carbocycles. The fourth-order valence-electron chi connectivity index (χ4n) is 2.99. The molecular weight excluding hydrogens is 268 g/mol. The van der Waals surface area contributed by atoms with Crippen LogP contribution < -0.4 is 5.32 Å². The maximum atomic E-state index is 6.32. The van der Waals surface area contributed by atoms with Gasteiger partial charge in [0.05, 0.1) is 0 Å². The number of piperazine rings is 1. The largest absolute Gasteiger partial charge is 0.311 e. The molecule has 2 unspecified atom stereocenters. The van der Waals surface area contributed by atoms with E-state index in [1.54, 1.807) is 0 Å². The SMILES string of the molecule is CCCC1CNC(C(C)C)CN1Cc1ccccc1Cl. The van der Waals surface area contributed by atoms with Gasteiger partial charge in [-0.25, -0.2) is 0 Å². The molecule has 0 amide bonds. The first-order chi connectivity index (χ1) is 9.61. The second-order valence-corrected chi connectivity index (χ2v) is 6.63. The maximum absolute atomic E-state index is 6.32. The molecule has 2 atom stereocenters. The van der Waals surface area contributed by atoms with Crippen molar-refractivity contribution in [2.75, 3.05) is 13.1 Å². The van der Waals surface area contributed by atoms with Crippen LogP contribution in [0.3, 0.4) is 0 Å². The normalized spacial score (nSPS) is 24.2. The van der Waals surface area contributed by atoms with E-state index in [4.69, 9.17) is 11.6 Å². The summed E-state index contributed by atoms with van der Waals surface area (Å²) in [5.41, 5.74) is 1.25. The molecule has 112 valence electrons. The van der Waals surface area contributed by atoms with E-state index in [2.05, 4.69) is 43.1 Å². The Hall–Kier alpha value is -0.570. The molecule has 0 saturated carbocycles. The quantitative estimate of drug-likeness (QED) is 0.885. The highest BCUT2D eigenvalue weighted by Gasteiger charge is 2.28. The summed E-state index contributed by atoms with van der Waals surface area (Å²) in [4.78, 5) is 2.62. The fourth-order valence-corrected chi connectivity index (χ4v) is 3.18. The summed E-state index contributed by atoms with van der Waals surface area (Å²) in [6.07, 6.45) is 2.49. The third-order valence-electron chi connectivity index (χ3n) is 4.32. The van der Waals surface area contributed by atoms with Gasteiger partial charge in [-0.15, -0.1) is 0 Å². The Morgan fingerprint density at radius 1 is 1.35 bits per heavy atom. The molecule has 1 fully saturated rings. The average molecular weight is 295 g/mol. The number of rotatable bonds is 5. The first-order valence-electron chi connectivity index (χ1n) is 7.82. The third-order valence-corrected chi connectivity index (χ3v) is 4.69. The summed E-state index contributed by atoms with van der Waals surface area (Å²) in [5.74, 6) is 0.673. The second-order valence-electron chi connectivity index (χ2n) is 6.22. The van der Waals surface area contributed by atoms with Crippen LogP contribution in [0.5, 0.6) is 0 Å². The Bertz CT molecular complexity index is 419. The van der Waals surface area contributed by atoms with Crippen molar-refractivity contribution in [3.63, 3.8) is 0 Å². The first kappa shape index (κ1) is 15.8. The molecule has 0 radical (unpaired) electrons. The lowest BCUT2D eigenvalue weighted by Crippen LogP contribution is -2.57. The number of hydrogen-bond donors (Lipinski definition) is 1. The highest BCUT2D eigenvalue weighted by Crippen LogP contribution is 2.22. The van der Waals surface area contributed by atoms with Crippen molar-refractivity contribution in [1.29, 1.82) is 0 Å². The van der Waals surface area contributed by atoms with Crippen molar-refractivity contribution in [3.05, 3.63) is 34.9 Å². The lowest BCUT2D eigenvalue weighted by molar-refractivity contribution is 0.0998. The van der Waals surface area contributed by atoms with E-state index in [1.807, 2.05) is 12.1 Å². The zero-order valence-electron chi connectivity index (χ0n) is 12.9. The van der Waals surface area contributed by atoms with E-state index in [1.165, 1.54) is 18.4 Å². The molecular formula is C17H27ClN2. The van der Waals surface area contributed by atoms with Gasteiger partial charge < -0.3 is 5.32 Å². The summed E-state index contributed by atoms with van der Waals surface area (Å²) in [6, 6.07) is 9.45. The van der Waals surface area contributed by atoms with Crippen molar-refractivity contribution >= 4 is 11.6 Å². The Balaban J connectivity index is 2.09. The smallest absolute Gasteiger partial charge is 0.0451 e. The van der Waals surface area contributed by atoms with Gasteiger partial charge >= 0.3 is 0 Å². The molecule has 2 rings (SSSR count). The first-order valence-corrected chi connectivity index (χ1v) is 8.20. The van der Waals surface area contributed by atoms with Gasteiger partial charge in [0.25, 0.3) is 0 Å². The van der Waals surface area contributed by atoms with Crippen molar-refractivity contribution in [2.45, 2.75) is 52.2 Å². The van der Waals surface area contributed by atoms with Crippen molar-refractivity contribution in [2.24, 2.45) is 5.92 Å². The van der Waals surface area contributed by atoms with Gasteiger partial charge in [-0.3, -0.25) is 4.90 Å². The van der Waals surface area contributed by atoms with Crippen LogP contribution in [0, 0.1) is 5.92 Å². The Morgan fingerprint density at radius 2 is 2.10 bits per heavy atom. The number of hydrogen-bond acceptors (Lipinski definition) is 2. The van der Waals surface area contributed by atoms with Gasteiger partial charge in [0.2, 0.25) is 0 Å². The lowest BCUT2D eigenvalue weighted by atomic mass is 9.97. The zero-order valence-corrected chi connectivity index (χ0v) is 13.7. The molecule has 1 aliphatic rings. The van der Waals surface area contributed by atoms with E-state index in [0.717, 1.165) is 24.7 Å². The summed E-state index contributed by atoms with van der Waals surface area (Å²) >= 11 is 6.32. The molecule has 1 aliphatic heterocycles. The monoisotopic (exact) mass is 294 g/mol. The van der Waals surface area contributed by atoms with E-state index >= 15 is 0 Å². The molecule has 3 heteroatoms. The minimum Gasteiger partial charge on any atom is -0.311 e. The van der Waals surface area contributed by atoms with Crippen LogP contribution in [-0.2, 0) is 6.54 Å². The molecule has 0 spiro atoms. The van der Waals surface area contributed by atoms with E-state index < -0.39 is 0 Å². The number of nitrogens with zero attached hydrogens (tertiary/aromatic N) is 1. The average Bonchev–Trinajstić information content (AvgIpc) is 2.43. The van der Waals surface area contributed by atoms with Crippen LogP contribution in [0.4, 0.5) is 0 Å². The number of nitrogens with one attached hydrogen (secondary N) is 1. The summed E-state index contributed by atoms with van der Waals surface area (Å²) in [7, 11) is 0. The number of halogens is 1. The zero-order chi connectivity index (χ0) is 14.5. The Morgan fingerprint density at radius 3 is 2.75 bits per heavy atom. The minimum absolute atomic E-state index is 0.589. The summed E-state index contributed by atoms with van der Waals surface area (Å²) < 4.78 is 0. The van der Waals surface area contributed by atoms with E-state index in [-0.39, 0.29) is 0 Å². The molecule has 0 aliphatic carbocycles. The van der Waals surface area contributed by atoms with E-state index in [0.29, 0.717) is 18.0 Å². The third kappa shape index (κ3) is 3.97. The van der Waals surface area contributed by atoms with E-state index in [9.17, 15) is 0 Å². The molecule has 20 heavy (non-hydrogen) atoms.